The molecule has 1 aliphatic heterocycles. The van der Waals surface area contributed by atoms with Crippen LogP contribution in [0.2, 0.25) is 0 Å². The van der Waals surface area contributed by atoms with Gasteiger partial charge < -0.3 is 24.4 Å². The molecule has 3 rings (SSSR count). The highest BCUT2D eigenvalue weighted by molar-refractivity contribution is 5.92. The minimum absolute atomic E-state index is 0.0673. The Morgan fingerprint density at radius 1 is 0.941 bits per heavy atom. The van der Waals surface area contributed by atoms with Gasteiger partial charge in [-0.05, 0) is 62.4 Å². The van der Waals surface area contributed by atoms with Crippen LogP contribution in [-0.2, 0) is 20.9 Å². The number of aryl methyl sites for hydroxylation is 1. The smallest absolute Gasteiger partial charge is 0.338 e. The van der Waals surface area contributed by atoms with E-state index in [1.807, 2.05) is 38.1 Å². The predicted octanol–water partition coefficient (Wildman–Crippen LogP) is 3.26. The summed E-state index contributed by atoms with van der Waals surface area (Å²) in [6.45, 7) is 5.52. The second-order valence-electron chi connectivity index (χ2n) is 8.10. The number of amides is 2. The number of rotatable bonds is 10. The van der Waals surface area contributed by atoms with Crippen LogP contribution in [0.25, 0.3) is 0 Å². The fraction of sp³-hybridized carbons (Fsp3) is 0.423. The standard InChI is InChI=1S/C26H32N2O6/c1-3-32-23-15-20(11-12-22(23)33-18-25(30)28-13-7-4-8-14-28)26(31)34-17-24(29)27-16-21-10-6-5-9-19(21)2/h5-6,9-12,15H,3-4,7-8,13-14,16-18H2,1-2H3,(H,27,29). The van der Waals surface area contributed by atoms with Gasteiger partial charge in [-0.25, -0.2) is 4.79 Å². The van der Waals surface area contributed by atoms with Gasteiger partial charge in [-0.2, -0.15) is 0 Å². The molecule has 1 heterocycles. The summed E-state index contributed by atoms with van der Waals surface area (Å²) in [5.74, 6) is -0.393. The van der Waals surface area contributed by atoms with Crippen LogP contribution in [0.3, 0.4) is 0 Å². The molecule has 2 amide bonds. The van der Waals surface area contributed by atoms with Crippen molar-refractivity contribution in [2.24, 2.45) is 0 Å². The molecule has 0 radical (unpaired) electrons. The zero-order valence-corrected chi connectivity index (χ0v) is 19.8. The molecule has 0 bridgehead atoms. The minimum Gasteiger partial charge on any atom is -0.490 e. The lowest BCUT2D eigenvalue weighted by molar-refractivity contribution is -0.134. The third kappa shape index (κ3) is 7.23. The van der Waals surface area contributed by atoms with Crippen LogP contribution < -0.4 is 14.8 Å². The van der Waals surface area contributed by atoms with Gasteiger partial charge in [-0.1, -0.05) is 24.3 Å². The van der Waals surface area contributed by atoms with Crippen molar-refractivity contribution in [2.75, 3.05) is 32.9 Å². The summed E-state index contributed by atoms with van der Waals surface area (Å²) in [6, 6.07) is 12.3. The zero-order valence-electron chi connectivity index (χ0n) is 19.8. The summed E-state index contributed by atoms with van der Waals surface area (Å²) in [6.07, 6.45) is 3.17. The Labute approximate surface area is 200 Å². The third-order valence-electron chi connectivity index (χ3n) is 5.61. The number of hydrogen-bond donors (Lipinski definition) is 1. The van der Waals surface area contributed by atoms with Crippen molar-refractivity contribution in [1.29, 1.82) is 0 Å². The molecule has 1 aliphatic rings. The third-order valence-corrected chi connectivity index (χ3v) is 5.61. The highest BCUT2D eigenvalue weighted by Gasteiger charge is 2.19. The van der Waals surface area contributed by atoms with E-state index in [0.717, 1.165) is 43.5 Å². The number of carbonyl (C=O) groups excluding carboxylic acids is 3. The quantitative estimate of drug-likeness (QED) is 0.538. The number of carbonyl (C=O) groups is 3. The van der Waals surface area contributed by atoms with Gasteiger partial charge in [-0.15, -0.1) is 0 Å². The fourth-order valence-corrected chi connectivity index (χ4v) is 3.66. The zero-order chi connectivity index (χ0) is 24.3. The number of piperidine rings is 1. The summed E-state index contributed by atoms with van der Waals surface area (Å²) in [7, 11) is 0. The highest BCUT2D eigenvalue weighted by Crippen LogP contribution is 2.29. The number of nitrogens with one attached hydrogen (secondary N) is 1. The molecule has 1 N–H and O–H groups in total. The molecule has 8 heteroatoms. The van der Waals surface area contributed by atoms with Crippen molar-refractivity contribution in [3.8, 4) is 11.5 Å². The first-order valence-electron chi connectivity index (χ1n) is 11.6. The molecule has 182 valence electrons. The Hall–Kier alpha value is -3.55. The molecule has 34 heavy (non-hydrogen) atoms. The minimum atomic E-state index is -0.650. The van der Waals surface area contributed by atoms with Gasteiger partial charge in [-0.3, -0.25) is 9.59 Å². The molecule has 0 atom stereocenters. The van der Waals surface area contributed by atoms with E-state index in [1.54, 1.807) is 11.0 Å². The molecule has 0 saturated carbocycles. The van der Waals surface area contributed by atoms with E-state index >= 15 is 0 Å². The van der Waals surface area contributed by atoms with Crippen molar-refractivity contribution in [2.45, 2.75) is 39.7 Å². The normalized spacial score (nSPS) is 13.2. The van der Waals surface area contributed by atoms with Gasteiger partial charge in [0.25, 0.3) is 11.8 Å². The molecular weight excluding hydrogens is 436 g/mol. The SMILES string of the molecule is CCOc1cc(C(=O)OCC(=O)NCc2ccccc2C)ccc1OCC(=O)N1CCCCC1. The number of ether oxygens (including phenoxy) is 3. The van der Waals surface area contributed by atoms with Gasteiger partial charge in [0, 0.05) is 19.6 Å². The highest BCUT2D eigenvalue weighted by atomic mass is 16.5. The Morgan fingerprint density at radius 2 is 1.71 bits per heavy atom. The van der Waals surface area contributed by atoms with Crippen LogP contribution >= 0.6 is 0 Å². The fourth-order valence-electron chi connectivity index (χ4n) is 3.66. The number of benzene rings is 2. The summed E-state index contributed by atoms with van der Waals surface area (Å²) in [5, 5.41) is 2.74. The summed E-state index contributed by atoms with van der Waals surface area (Å²) in [5.41, 5.74) is 2.30. The van der Waals surface area contributed by atoms with E-state index in [9.17, 15) is 14.4 Å². The summed E-state index contributed by atoms with van der Waals surface area (Å²) in [4.78, 5) is 38.7. The maximum atomic E-state index is 12.5. The van der Waals surface area contributed by atoms with Gasteiger partial charge in [0.05, 0.1) is 12.2 Å². The van der Waals surface area contributed by atoms with Crippen molar-refractivity contribution >= 4 is 17.8 Å². The lowest BCUT2D eigenvalue weighted by atomic mass is 10.1. The first-order chi connectivity index (χ1) is 16.5. The predicted molar refractivity (Wildman–Crippen MR) is 127 cm³/mol. The van der Waals surface area contributed by atoms with E-state index in [1.165, 1.54) is 12.1 Å². The van der Waals surface area contributed by atoms with Gasteiger partial charge >= 0.3 is 5.97 Å². The average Bonchev–Trinajstić information content (AvgIpc) is 2.86. The number of hydrogen-bond acceptors (Lipinski definition) is 6. The van der Waals surface area contributed by atoms with Crippen LogP contribution in [0, 0.1) is 6.92 Å². The number of nitrogens with zero attached hydrogens (tertiary/aromatic N) is 1. The van der Waals surface area contributed by atoms with E-state index in [0.29, 0.717) is 24.7 Å². The molecular formula is C26H32N2O6. The van der Waals surface area contributed by atoms with Crippen LogP contribution in [0.15, 0.2) is 42.5 Å². The Balaban J connectivity index is 1.52. The second kappa shape index (κ2) is 12.6. The molecule has 1 fully saturated rings. The maximum absolute atomic E-state index is 12.5. The van der Waals surface area contributed by atoms with Crippen molar-refractivity contribution in [3.63, 3.8) is 0 Å². The van der Waals surface area contributed by atoms with E-state index < -0.39 is 18.5 Å². The number of esters is 1. The van der Waals surface area contributed by atoms with Gasteiger partial charge in [0.2, 0.25) is 0 Å². The average molecular weight is 469 g/mol. The van der Waals surface area contributed by atoms with E-state index in [4.69, 9.17) is 14.2 Å². The molecule has 0 unspecified atom stereocenters. The lowest BCUT2D eigenvalue weighted by Crippen LogP contribution is -2.38. The van der Waals surface area contributed by atoms with Crippen LogP contribution in [0.5, 0.6) is 11.5 Å². The molecule has 1 saturated heterocycles. The van der Waals surface area contributed by atoms with Crippen molar-refractivity contribution in [1.82, 2.24) is 10.2 Å². The van der Waals surface area contributed by atoms with Crippen LogP contribution in [0.4, 0.5) is 0 Å². The second-order valence-corrected chi connectivity index (χ2v) is 8.10. The van der Waals surface area contributed by atoms with Gasteiger partial charge in [0.15, 0.2) is 24.7 Å². The molecule has 0 aromatic heterocycles. The van der Waals surface area contributed by atoms with Gasteiger partial charge in [0.1, 0.15) is 0 Å². The Kier molecular flexibility index (Phi) is 9.31. The molecule has 2 aromatic rings. The Morgan fingerprint density at radius 3 is 2.44 bits per heavy atom. The molecule has 2 aromatic carbocycles. The molecule has 0 aliphatic carbocycles. The van der Waals surface area contributed by atoms with Crippen molar-refractivity contribution < 1.29 is 28.6 Å². The lowest BCUT2D eigenvalue weighted by Gasteiger charge is -2.26. The van der Waals surface area contributed by atoms with E-state index in [-0.39, 0.29) is 18.1 Å². The first-order valence-corrected chi connectivity index (χ1v) is 11.6. The summed E-state index contributed by atoms with van der Waals surface area (Å²) < 4.78 is 16.4. The van der Waals surface area contributed by atoms with E-state index in [2.05, 4.69) is 5.32 Å². The monoisotopic (exact) mass is 468 g/mol. The summed E-state index contributed by atoms with van der Waals surface area (Å²) >= 11 is 0. The molecule has 0 spiro atoms. The molecule has 8 nitrogen and oxygen atoms in total. The van der Waals surface area contributed by atoms with Crippen LogP contribution in [-0.4, -0.2) is 55.6 Å². The topological polar surface area (TPSA) is 94.2 Å². The largest absolute Gasteiger partial charge is 0.490 e. The maximum Gasteiger partial charge on any atom is 0.338 e. The van der Waals surface area contributed by atoms with Crippen LogP contribution in [0.1, 0.15) is 47.7 Å². The first kappa shape index (κ1) is 25.1. The van der Waals surface area contributed by atoms with Crippen molar-refractivity contribution in [3.05, 3.63) is 59.2 Å². The number of likely N-dealkylation sites (tertiary alicyclic amines) is 1. The Bertz CT molecular complexity index is 1000.